The van der Waals surface area contributed by atoms with Gasteiger partial charge in [-0.05, 0) is 107 Å². The quantitative estimate of drug-likeness (QED) is 0.110. The summed E-state index contributed by atoms with van der Waals surface area (Å²) in [4.78, 5) is 4.27. The number of benzene rings is 7. The summed E-state index contributed by atoms with van der Waals surface area (Å²) in [5, 5.41) is 8.89. The lowest BCUT2D eigenvalue weighted by Gasteiger charge is -2.26. The Labute approximate surface area is 435 Å². The van der Waals surface area contributed by atoms with Crippen LogP contribution in [0.3, 0.4) is 0 Å². The predicted molar refractivity (Wildman–Crippen MR) is 314 cm³/mol. The zero-order valence-electron chi connectivity index (χ0n) is 43.6. The molecule has 0 fully saturated rings. The van der Waals surface area contributed by atoms with Gasteiger partial charge >= 0.3 is 0 Å². The Kier molecular flexibility index (Phi) is 17.7. The lowest BCUT2D eigenvalue weighted by molar-refractivity contribution is 0.361. The SMILES string of the molecule is C=C/C=C(\C=C/C)c1cccc(/C(=C/C(=N)c2ccc(-c3cccc4c3Oc3ccc5c(c3O4)-c3ccccc3C5(C)C)cc2)N=C)c1.C=C1C=CC=CC1.CCC(C)C.Cc1cccc(-c2ccccc2)c1. The van der Waals surface area contributed by atoms with Crippen LogP contribution in [-0.4, -0.2) is 12.4 Å². The van der Waals surface area contributed by atoms with Gasteiger partial charge in [-0.1, -0.05) is 253 Å². The fourth-order valence-electron chi connectivity index (χ4n) is 8.77. The first kappa shape index (κ1) is 52.5. The molecule has 0 radical (unpaired) electrons. The lowest BCUT2D eigenvalue weighted by atomic mass is 9.82. The number of hydrogen-bond donors (Lipinski definition) is 1. The molecular weight excluding hydrogens is 889 g/mol. The molecule has 4 heteroatoms. The molecule has 1 N–H and O–H groups in total. The number of hydrogen-bond acceptors (Lipinski definition) is 4. The summed E-state index contributed by atoms with van der Waals surface area (Å²) in [6.45, 7) is 26.7. The van der Waals surface area contributed by atoms with Crippen molar-refractivity contribution in [1.29, 1.82) is 5.41 Å². The van der Waals surface area contributed by atoms with Crippen LogP contribution in [0.1, 0.15) is 87.8 Å². The Bertz CT molecular complexity index is 3260. The molecule has 0 saturated heterocycles. The third-order valence-electron chi connectivity index (χ3n) is 13.1. The maximum atomic E-state index is 8.89. The average Bonchev–Trinajstić information content (AvgIpc) is 3.66. The monoisotopic (exact) mass is 957 g/mol. The van der Waals surface area contributed by atoms with E-state index >= 15 is 0 Å². The van der Waals surface area contributed by atoms with Gasteiger partial charge in [0.1, 0.15) is 0 Å². The van der Waals surface area contributed by atoms with Gasteiger partial charge in [0.15, 0.2) is 23.0 Å². The van der Waals surface area contributed by atoms with Gasteiger partial charge < -0.3 is 14.9 Å². The number of para-hydroxylation sites is 1. The van der Waals surface area contributed by atoms with Crippen LogP contribution in [0, 0.1) is 18.3 Å². The second-order valence-corrected chi connectivity index (χ2v) is 19.1. The molecule has 0 amide bonds. The van der Waals surface area contributed by atoms with Crippen molar-refractivity contribution in [2.75, 3.05) is 0 Å². The molecule has 0 saturated carbocycles. The predicted octanol–water partition coefficient (Wildman–Crippen LogP) is 19.6. The second kappa shape index (κ2) is 24.7. The van der Waals surface area contributed by atoms with Gasteiger partial charge in [0.25, 0.3) is 0 Å². The molecule has 4 nitrogen and oxygen atoms in total. The summed E-state index contributed by atoms with van der Waals surface area (Å²) in [6.07, 6.45) is 20.0. The zero-order valence-corrected chi connectivity index (χ0v) is 43.6. The fourth-order valence-corrected chi connectivity index (χ4v) is 8.77. The van der Waals surface area contributed by atoms with Crippen molar-refractivity contribution >= 4 is 23.7 Å². The largest absolute Gasteiger partial charge is 0.449 e. The number of ether oxygens (including phenoxy) is 2. The third-order valence-corrected chi connectivity index (χ3v) is 13.1. The number of aliphatic imine (C=N–C) groups is 1. The van der Waals surface area contributed by atoms with E-state index < -0.39 is 0 Å². The number of nitrogens with zero attached hydrogens (tertiary/aromatic N) is 1. The van der Waals surface area contributed by atoms with E-state index in [0.29, 0.717) is 28.7 Å². The molecule has 0 spiro atoms. The highest BCUT2D eigenvalue weighted by atomic mass is 16.6. The molecule has 10 rings (SSSR count). The van der Waals surface area contributed by atoms with Gasteiger partial charge in [-0.2, -0.15) is 0 Å². The first-order valence-electron chi connectivity index (χ1n) is 25.2. The van der Waals surface area contributed by atoms with Gasteiger partial charge in [-0.25, -0.2) is 0 Å². The first-order valence-corrected chi connectivity index (χ1v) is 25.2. The molecular formula is C69H68N2O2. The second-order valence-electron chi connectivity index (χ2n) is 19.1. The van der Waals surface area contributed by atoms with Crippen LogP contribution in [0.5, 0.6) is 23.0 Å². The minimum absolute atomic E-state index is 0.123. The number of nitrogens with one attached hydrogen (secondary N) is 1. The maximum absolute atomic E-state index is 8.89. The molecule has 0 aromatic heterocycles. The first-order chi connectivity index (χ1) is 35.4. The molecule has 366 valence electrons. The lowest BCUT2D eigenvalue weighted by Crippen LogP contribution is -2.15. The standard InChI is InChI=1S/C44H36N2O2.C13H12.C7H8.C5H12/c1-6-12-28(13-7-2)31-14-10-15-32(26-31)38(46-5)27-37(45)30-22-20-29(21-23-30)33-17-11-19-39-42(33)47-40-25-24-36-41(43(40)48-39)34-16-8-9-18-35(34)44(36,3)4;1-11-6-5-9-13(10-11)12-7-3-2-4-8-12;1-7-5-3-2-4-6-7;1-4-5(2)3/h6-27,45H,1,5H2,2-4H3;2-10H,1H3;2-5H,1,6H2;5H,4H2,1-3H3/b13-7-,28-12+,38-27-,45-37?;;;. The topological polar surface area (TPSA) is 54.7 Å². The van der Waals surface area contributed by atoms with E-state index in [2.05, 4.69) is 157 Å². The third kappa shape index (κ3) is 12.8. The molecule has 0 unspecified atom stereocenters. The normalized spacial score (nSPS) is 13.5. The highest BCUT2D eigenvalue weighted by Crippen LogP contribution is 2.59. The summed E-state index contributed by atoms with van der Waals surface area (Å²) in [7, 11) is 0. The zero-order chi connectivity index (χ0) is 51.9. The summed E-state index contributed by atoms with van der Waals surface area (Å²) in [5.41, 5.74) is 16.4. The molecule has 7 aromatic rings. The van der Waals surface area contributed by atoms with Crippen LogP contribution >= 0.6 is 0 Å². The Hall–Kier alpha value is -8.34. The van der Waals surface area contributed by atoms with Crippen molar-refractivity contribution in [3.8, 4) is 56.4 Å². The molecule has 3 aliphatic rings. The van der Waals surface area contributed by atoms with Gasteiger partial charge in [0.2, 0.25) is 0 Å². The van der Waals surface area contributed by atoms with Crippen LogP contribution in [0.15, 0.2) is 236 Å². The molecule has 1 heterocycles. The minimum atomic E-state index is -0.123. The number of rotatable bonds is 10. The molecule has 0 atom stereocenters. The fraction of sp³-hybridized carbons (Fsp3) is 0.159. The Morgan fingerprint density at radius 3 is 2.01 bits per heavy atom. The maximum Gasteiger partial charge on any atom is 0.178 e. The highest BCUT2D eigenvalue weighted by Gasteiger charge is 2.39. The molecule has 1 aliphatic heterocycles. The Balaban J connectivity index is 0.000000253. The number of aryl methyl sites for hydroxylation is 1. The number of fused-ring (bicyclic) bond motifs is 6. The van der Waals surface area contributed by atoms with Crippen LogP contribution in [0.2, 0.25) is 0 Å². The van der Waals surface area contributed by atoms with E-state index in [1.54, 1.807) is 12.2 Å². The molecule has 2 aliphatic carbocycles. The van der Waals surface area contributed by atoms with E-state index in [1.165, 1.54) is 45.4 Å². The van der Waals surface area contributed by atoms with Crippen molar-refractivity contribution < 1.29 is 9.47 Å². The molecule has 0 bridgehead atoms. The van der Waals surface area contributed by atoms with E-state index in [9.17, 15) is 0 Å². The molecule has 73 heavy (non-hydrogen) atoms. The van der Waals surface area contributed by atoms with E-state index in [4.69, 9.17) is 14.9 Å². The summed E-state index contributed by atoms with van der Waals surface area (Å²) < 4.78 is 13.3. The van der Waals surface area contributed by atoms with Crippen LogP contribution in [0.4, 0.5) is 0 Å². The van der Waals surface area contributed by atoms with Crippen molar-refractivity contribution in [2.24, 2.45) is 10.9 Å². The number of allylic oxidation sites excluding steroid dienone is 11. The van der Waals surface area contributed by atoms with Gasteiger partial charge in [-0.15, -0.1) is 0 Å². The smallest absolute Gasteiger partial charge is 0.178 e. The van der Waals surface area contributed by atoms with E-state index in [1.807, 2.05) is 116 Å². The summed E-state index contributed by atoms with van der Waals surface area (Å²) >= 11 is 0. The Morgan fingerprint density at radius 1 is 0.699 bits per heavy atom. The average molecular weight is 957 g/mol. The Morgan fingerprint density at radius 2 is 1.36 bits per heavy atom. The van der Waals surface area contributed by atoms with Crippen molar-refractivity contribution in [2.45, 2.75) is 66.7 Å². The van der Waals surface area contributed by atoms with Gasteiger partial charge in [0.05, 0.1) is 11.4 Å². The van der Waals surface area contributed by atoms with Crippen molar-refractivity contribution in [3.05, 3.63) is 265 Å². The van der Waals surface area contributed by atoms with Crippen molar-refractivity contribution in [3.63, 3.8) is 0 Å². The van der Waals surface area contributed by atoms with Gasteiger partial charge in [-0.3, -0.25) is 4.99 Å². The van der Waals surface area contributed by atoms with E-state index in [-0.39, 0.29) is 5.41 Å². The molecule has 7 aromatic carbocycles. The summed E-state index contributed by atoms with van der Waals surface area (Å²) in [6, 6.07) is 53.7. The van der Waals surface area contributed by atoms with Crippen LogP contribution < -0.4 is 9.47 Å². The minimum Gasteiger partial charge on any atom is -0.449 e. The van der Waals surface area contributed by atoms with Crippen LogP contribution in [0.25, 0.3) is 44.7 Å². The van der Waals surface area contributed by atoms with Crippen molar-refractivity contribution in [1.82, 2.24) is 0 Å². The van der Waals surface area contributed by atoms with Gasteiger partial charge in [0, 0.05) is 22.1 Å². The van der Waals surface area contributed by atoms with E-state index in [0.717, 1.165) is 57.0 Å². The summed E-state index contributed by atoms with van der Waals surface area (Å²) in [5.74, 6) is 3.71. The highest BCUT2D eigenvalue weighted by molar-refractivity contribution is 6.10. The van der Waals surface area contributed by atoms with Crippen LogP contribution in [-0.2, 0) is 5.41 Å².